The Morgan fingerprint density at radius 2 is 1.38 bits per heavy atom. The number of esters is 1. The second-order valence-electron chi connectivity index (χ2n) is 11.5. The standard InChI is InChI=1S/C29H35NO7/c1-16(23(27(34)35)30-25(32)18-11-9-10-12-19(18)26(30)33)13-22(31)37-24-20(28(2,3)4)14-17(36-8)15-21(24)29(5,6)7/h9-12,14-16,23H,13H2,1-8H3,(H,34,35). The van der Waals surface area contributed by atoms with E-state index in [-0.39, 0.29) is 28.4 Å². The maximum absolute atomic E-state index is 13.2. The summed E-state index contributed by atoms with van der Waals surface area (Å²) >= 11 is 0. The molecule has 0 fully saturated rings. The molecule has 1 aliphatic rings. The summed E-state index contributed by atoms with van der Waals surface area (Å²) in [6, 6.07) is 8.33. The largest absolute Gasteiger partial charge is 0.497 e. The first kappa shape index (κ1) is 27.9. The Balaban J connectivity index is 1.93. The van der Waals surface area contributed by atoms with Crippen molar-refractivity contribution in [1.82, 2.24) is 4.90 Å². The first-order valence-corrected chi connectivity index (χ1v) is 12.2. The highest BCUT2D eigenvalue weighted by Crippen LogP contribution is 2.43. The molecule has 8 nitrogen and oxygen atoms in total. The van der Waals surface area contributed by atoms with Crippen LogP contribution in [0.15, 0.2) is 36.4 Å². The van der Waals surface area contributed by atoms with Gasteiger partial charge in [-0.05, 0) is 41.0 Å². The molecule has 0 radical (unpaired) electrons. The van der Waals surface area contributed by atoms with Gasteiger partial charge < -0.3 is 14.6 Å². The van der Waals surface area contributed by atoms with Crippen LogP contribution in [0.25, 0.3) is 0 Å². The predicted octanol–water partition coefficient (Wildman–Crippen LogP) is 4.97. The van der Waals surface area contributed by atoms with Crippen molar-refractivity contribution in [3.05, 3.63) is 58.7 Å². The van der Waals surface area contributed by atoms with Crippen LogP contribution < -0.4 is 9.47 Å². The number of hydrogen-bond donors (Lipinski definition) is 1. The number of rotatable bonds is 7. The number of amides is 2. The number of imide groups is 1. The molecule has 0 aromatic heterocycles. The summed E-state index contributed by atoms with van der Waals surface area (Å²) in [7, 11) is 1.58. The molecule has 3 rings (SSSR count). The monoisotopic (exact) mass is 509 g/mol. The van der Waals surface area contributed by atoms with Crippen LogP contribution in [0.5, 0.6) is 11.5 Å². The number of aliphatic carboxylic acids is 1. The maximum Gasteiger partial charge on any atom is 0.327 e. The highest BCUT2D eigenvalue weighted by Gasteiger charge is 2.45. The van der Waals surface area contributed by atoms with Gasteiger partial charge in [-0.2, -0.15) is 0 Å². The van der Waals surface area contributed by atoms with Crippen LogP contribution in [0.1, 0.15) is 86.7 Å². The topological polar surface area (TPSA) is 110 Å². The van der Waals surface area contributed by atoms with E-state index in [1.165, 1.54) is 19.1 Å². The zero-order valence-electron chi connectivity index (χ0n) is 22.7. The Labute approximate surface area is 217 Å². The SMILES string of the molecule is COc1cc(C(C)(C)C)c(OC(=O)CC(C)C(C(=O)O)N2C(=O)c3ccccc3C2=O)c(C(C)(C)C)c1. The van der Waals surface area contributed by atoms with E-state index in [1.54, 1.807) is 19.2 Å². The number of fused-ring (bicyclic) bond motifs is 1. The smallest absolute Gasteiger partial charge is 0.327 e. The molecule has 1 aliphatic heterocycles. The minimum atomic E-state index is -1.53. The highest BCUT2D eigenvalue weighted by molar-refractivity contribution is 6.22. The first-order chi connectivity index (χ1) is 17.1. The number of nitrogens with zero attached hydrogens (tertiary/aromatic N) is 1. The van der Waals surface area contributed by atoms with Gasteiger partial charge in [0, 0.05) is 11.1 Å². The van der Waals surface area contributed by atoms with Gasteiger partial charge in [0.25, 0.3) is 11.8 Å². The molecule has 0 spiro atoms. The molecule has 2 aromatic carbocycles. The fourth-order valence-corrected chi connectivity index (χ4v) is 4.54. The lowest BCUT2D eigenvalue weighted by atomic mass is 9.79. The Hall–Kier alpha value is -3.68. The minimum absolute atomic E-state index is 0.149. The van der Waals surface area contributed by atoms with Crippen molar-refractivity contribution >= 4 is 23.8 Å². The normalized spacial score (nSPS) is 15.3. The number of carboxylic acid groups (broad SMARTS) is 1. The van der Waals surface area contributed by atoms with E-state index in [0.29, 0.717) is 11.5 Å². The Morgan fingerprint density at radius 3 is 1.76 bits per heavy atom. The van der Waals surface area contributed by atoms with Crippen molar-refractivity contribution in [2.45, 2.75) is 71.8 Å². The van der Waals surface area contributed by atoms with Crippen molar-refractivity contribution < 1.29 is 33.8 Å². The number of methoxy groups -OCH3 is 1. The van der Waals surface area contributed by atoms with Crippen molar-refractivity contribution in [2.75, 3.05) is 7.11 Å². The van der Waals surface area contributed by atoms with Crippen LogP contribution in [0.4, 0.5) is 0 Å². The van der Waals surface area contributed by atoms with E-state index in [0.717, 1.165) is 16.0 Å². The number of carbonyl (C=O) groups excluding carboxylic acids is 3. The Morgan fingerprint density at radius 1 is 0.919 bits per heavy atom. The molecule has 37 heavy (non-hydrogen) atoms. The van der Waals surface area contributed by atoms with E-state index < -0.39 is 35.7 Å². The zero-order valence-corrected chi connectivity index (χ0v) is 22.7. The average molecular weight is 510 g/mol. The summed E-state index contributed by atoms with van der Waals surface area (Å²) in [6.07, 6.45) is -0.316. The van der Waals surface area contributed by atoms with Crippen molar-refractivity contribution in [2.24, 2.45) is 5.92 Å². The summed E-state index contributed by atoms with van der Waals surface area (Å²) in [4.78, 5) is 52.0. The van der Waals surface area contributed by atoms with E-state index in [1.807, 2.05) is 53.7 Å². The summed E-state index contributed by atoms with van der Waals surface area (Å²) in [5.41, 5.74) is 1.06. The lowest BCUT2D eigenvalue weighted by Crippen LogP contribution is -2.49. The van der Waals surface area contributed by atoms with Crippen molar-refractivity contribution in [1.29, 1.82) is 0 Å². The third-order valence-corrected chi connectivity index (χ3v) is 6.51. The molecule has 2 amide bonds. The third-order valence-electron chi connectivity index (χ3n) is 6.51. The lowest BCUT2D eigenvalue weighted by Gasteiger charge is -2.30. The van der Waals surface area contributed by atoms with E-state index in [2.05, 4.69) is 0 Å². The van der Waals surface area contributed by atoms with Crippen LogP contribution in [-0.4, -0.2) is 46.9 Å². The van der Waals surface area contributed by atoms with Gasteiger partial charge in [0.05, 0.1) is 24.7 Å². The number of carboxylic acids is 1. The third kappa shape index (κ3) is 5.53. The fraction of sp³-hybridized carbons (Fsp3) is 0.448. The van der Waals surface area contributed by atoms with Crippen molar-refractivity contribution in [3.8, 4) is 11.5 Å². The molecule has 8 heteroatoms. The summed E-state index contributed by atoms with van der Waals surface area (Å²) in [5, 5.41) is 9.97. The molecule has 0 aliphatic carbocycles. The second kappa shape index (κ2) is 10.00. The van der Waals surface area contributed by atoms with Gasteiger partial charge in [0.15, 0.2) is 0 Å². The highest BCUT2D eigenvalue weighted by atomic mass is 16.5. The van der Waals surface area contributed by atoms with Crippen LogP contribution >= 0.6 is 0 Å². The van der Waals surface area contributed by atoms with Gasteiger partial charge in [-0.25, -0.2) is 4.79 Å². The molecule has 2 atom stereocenters. The molecule has 198 valence electrons. The van der Waals surface area contributed by atoms with E-state index in [9.17, 15) is 24.3 Å². The molecular formula is C29H35NO7. The molecule has 0 saturated carbocycles. The zero-order chi connectivity index (χ0) is 27.9. The number of ether oxygens (including phenoxy) is 2. The Kier molecular flexibility index (Phi) is 7.54. The quantitative estimate of drug-likeness (QED) is 0.319. The second-order valence-corrected chi connectivity index (χ2v) is 11.5. The minimum Gasteiger partial charge on any atom is -0.497 e. The summed E-state index contributed by atoms with van der Waals surface area (Å²) < 4.78 is 11.4. The molecule has 2 aromatic rings. The van der Waals surface area contributed by atoms with Crippen LogP contribution in [-0.2, 0) is 20.4 Å². The number of benzene rings is 2. The molecule has 0 saturated heterocycles. The summed E-state index contributed by atoms with van der Waals surface area (Å²) in [6.45, 7) is 13.5. The number of hydrogen-bond acceptors (Lipinski definition) is 6. The molecule has 2 unspecified atom stereocenters. The Bertz CT molecular complexity index is 1180. The fourth-order valence-electron chi connectivity index (χ4n) is 4.54. The van der Waals surface area contributed by atoms with Crippen LogP contribution in [0.3, 0.4) is 0 Å². The first-order valence-electron chi connectivity index (χ1n) is 12.2. The van der Waals surface area contributed by atoms with Gasteiger partial charge in [0.2, 0.25) is 0 Å². The maximum atomic E-state index is 13.2. The number of carbonyl (C=O) groups is 4. The van der Waals surface area contributed by atoms with E-state index >= 15 is 0 Å². The van der Waals surface area contributed by atoms with Gasteiger partial charge >= 0.3 is 11.9 Å². The van der Waals surface area contributed by atoms with E-state index in [4.69, 9.17) is 9.47 Å². The van der Waals surface area contributed by atoms with Gasteiger partial charge in [0.1, 0.15) is 17.5 Å². The predicted molar refractivity (Wildman–Crippen MR) is 138 cm³/mol. The van der Waals surface area contributed by atoms with Gasteiger partial charge in [-0.15, -0.1) is 0 Å². The van der Waals surface area contributed by atoms with Gasteiger partial charge in [-0.3, -0.25) is 19.3 Å². The summed E-state index contributed by atoms with van der Waals surface area (Å²) in [5.74, 6) is -3.25. The average Bonchev–Trinajstić information content (AvgIpc) is 3.03. The van der Waals surface area contributed by atoms with Gasteiger partial charge in [-0.1, -0.05) is 60.6 Å². The molecule has 1 N–H and O–H groups in total. The van der Waals surface area contributed by atoms with Crippen molar-refractivity contribution in [3.63, 3.8) is 0 Å². The molecular weight excluding hydrogens is 474 g/mol. The van der Waals surface area contributed by atoms with Crippen LogP contribution in [0.2, 0.25) is 0 Å². The molecule has 1 heterocycles. The van der Waals surface area contributed by atoms with Crippen LogP contribution in [0, 0.1) is 5.92 Å². The lowest BCUT2D eigenvalue weighted by molar-refractivity contribution is -0.144. The molecule has 0 bridgehead atoms.